The predicted octanol–water partition coefficient (Wildman–Crippen LogP) is 1.27. The lowest BCUT2D eigenvalue weighted by molar-refractivity contribution is -0.385. The van der Waals surface area contributed by atoms with Crippen LogP contribution in [0.4, 0.5) is 5.69 Å². The van der Waals surface area contributed by atoms with Gasteiger partial charge < -0.3 is 10.6 Å². The predicted molar refractivity (Wildman–Crippen MR) is 73.8 cm³/mol. The Balaban J connectivity index is 0.00000180. The third-order valence-electron chi connectivity index (χ3n) is 3.09. The van der Waals surface area contributed by atoms with Crippen LogP contribution >= 0.6 is 12.4 Å². The molecule has 1 aromatic carbocycles. The van der Waals surface area contributed by atoms with Gasteiger partial charge in [0, 0.05) is 42.7 Å². The lowest BCUT2D eigenvalue weighted by Crippen LogP contribution is -2.48. The lowest BCUT2D eigenvalue weighted by atomic mass is 10.0. The molecular weight excluding hydrogens is 270 g/mol. The van der Waals surface area contributed by atoms with Gasteiger partial charge in [0.1, 0.15) is 0 Å². The molecule has 104 valence electrons. The fourth-order valence-corrected chi connectivity index (χ4v) is 1.78. The minimum atomic E-state index is -0.470. The summed E-state index contributed by atoms with van der Waals surface area (Å²) in [5.74, 6) is 0.208. The molecule has 0 saturated carbocycles. The Labute approximate surface area is 117 Å². The first-order valence-electron chi connectivity index (χ1n) is 5.82. The van der Waals surface area contributed by atoms with Crippen LogP contribution in [0.3, 0.4) is 0 Å². The smallest absolute Gasteiger partial charge is 0.273 e. The molecule has 7 heteroatoms. The average molecular weight is 286 g/mol. The average Bonchev–Trinajstić information content (AvgIpc) is 2.26. The van der Waals surface area contributed by atoms with Gasteiger partial charge in [0.05, 0.1) is 4.92 Å². The molecule has 1 saturated heterocycles. The Hall–Kier alpha value is -1.66. The maximum Gasteiger partial charge on any atom is 0.273 e. The SMILES string of the molecule is Cc1ccc(C(=O)NCC2CNC2)cc1[N+](=O)[O-].Cl. The maximum atomic E-state index is 11.8. The van der Waals surface area contributed by atoms with Crippen LogP contribution in [0, 0.1) is 23.0 Å². The molecule has 0 aliphatic carbocycles. The zero-order valence-corrected chi connectivity index (χ0v) is 11.3. The van der Waals surface area contributed by atoms with Gasteiger partial charge in [-0.15, -0.1) is 12.4 Å². The van der Waals surface area contributed by atoms with Gasteiger partial charge in [-0.1, -0.05) is 6.07 Å². The Bertz CT molecular complexity index is 489. The highest BCUT2D eigenvalue weighted by Crippen LogP contribution is 2.19. The lowest BCUT2D eigenvalue weighted by Gasteiger charge is -2.27. The molecule has 0 bridgehead atoms. The Kier molecular flexibility index (Phi) is 5.26. The number of hydrogen-bond donors (Lipinski definition) is 2. The van der Waals surface area contributed by atoms with Crippen molar-refractivity contribution < 1.29 is 9.72 Å². The molecule has 1 aliphatic rings. The second kappa shape index (κ2) is 6.49. The molecule has 1 aromatic rings. The molecule has 0 unspecified atom stereocenters. The maximum absolute atomic E-state index is 11.8. The van der Waals surface area contributed by atoms with Crippen molar-refractivity contribution in [1.29, 1.82) is 0 Å². The highest BCUT2D eigenvalue weighted by atomic mass is 35.5. The van der Waals surface area contributed by atoms with E-state index in [9.17, 15) is 14.9 Å². The third kappa shape index (κ3) is 3.65. The fourth-order valence-electron chi connectivity index (χ4n) is 1.78. The monoisotopic (exact) mass is 285 g/mol. The highest BCUT2D eigenvalue weighted by molar-refractivity contribution is 5.95. The number of nitrogens with zero attached hydrogens (tertiary/aromatic N) is 1. The van der Waals surface area contributed by atoms with Gasteiger partial charge in [-0.25, -0.2) is 0 Å². The normalized spacial score (nSPS) is 14.2. The molecular formula is C12H16ClN3O3. The van der Waals surface area contributed by atoms with E-state index < -0.39 is 4.92 Å². The minimum absolute atomic E-state index is 0. The summed E-state index contributed by atoms with van der Waals surface area (Å²) in [6, 6.07) is 4.53. The summed E-state index contributed by atoms with van der Waals surface area (Å²) >= 11 is 0. The van der Waals surface area contributed by atoms with E-state index in [4.69, 9.17) is 0 Å². The first-order valence-corrected chi connectivity index (χ1v) is 5.82. The highest BCUT2D eigenvalue weighted by Gasteiger charge is 2.19. The third-order valence-corrected chi connectivity index (χ3v) is 3.09. The summed E-state index contributed by atoms with van der Waals surface area (Å²) in [6.45, 7) is 4.08. The van der Waals surface area contributed by atoms with Gasteiger partial charge in [-0.05, 0) is 13.0 Å². The van der Waals surface area contributed by atoms with E-state index in [1.54, 1.807) is 19.1 Å². The van der Waals surface area contributed by atoms with Gasteiger partial charge in [-0.3, -0.25) is 14.9 Å². The Morgan fingerprint density at radius 3 is 2.74 bits per heavy atom. The zero-order chi connectivity index (χ0) is 13.1. The molecule has 0 atom stereocenters. The van der Waals surface area contributed by atoms with Crippen molar-refractivity contribution >= 4 is 24.0 Å². The summed E-state index contributed by atoms with van der Waals surface area (Å²) in [5.41, 5.74) is 0.868. The summed E-state index contributed by atoms with van der Waals surface area (Å²) in [6.07, 6.45) is 0. The van der Waals surface area contributed by atoms with Gasteiger partial charge in [0.15, 0.2) is 0 Å². The number of aryl methyl sites for hydroxylation is 1. The van der Waals surface area contributed by atoms with Crippen LogP contribution in [0.2, 0.25) is 0 Å². The molecule has 1 amide bonds. The molecule has 0 aromatic heterocycles. The van der Waals surface area contributed by atoms with Crippen molar-refractivity contribution in [2.24, 2.45) is 5.92 Å². The minimum Gasteiger partial charge on any atom is -0.352 e. The van der Waals surface area contributed by atoms with Gasteiger partial charge >= 0.3 is 0 Å². The van der Waals surface area contributed by atoms with Gasteiger partial charge in [0.25, 0.3) is 11.6 Å². The number of amides is 1. The quantitative estimate of drug-likeness (QED) is 0.644. The number of hydrogen-bond acceptors (Lipinski definition) is 4. The standard InChI is InChI=1S/C12H15N3O3.ClH/c1-8-2-3-10(4-11(8)15(17)18)12(16)14-7-9-5-13-6-9;/h2-4,9,13H,5-7H2,1H3,(H,14,16);1H. The number of nitrogens with one attached hydrogen (secondary N) is 2. The number of carbonyl (C=O) groups excluding carboxylic acids is 1. The van der Waals surface area contributed by atoms with E-state index in [0.29, 0.717) is 23.6 Å². The van der Waals surface area contributed by atoms with Crippen LogP contribution in [0.1, 0.15) is 15.9 Å². The largest absolute Gasteiger partial charge is 0.352 e. The summed E-state index contributed by atoms with van der Waals surface area (Å²) in [7, 11) is 0. The van der Waals surface area contributed by atoms with Crippen LogP contribution in [0.5, 0.6) is 0 Å². The van der Waals surface area contributed by atoms with Crippen LogP contribution in [-0.4, -0.2) is 30.5 Å². The number of nitro benzene ring substituents is 1. The number of halogens is 1. The fraction of sp³-hybridized carbons (Fsp3) is 0.417. The van der Waals surface area contributed by atoms with Crippen molar-refractivity contribution in [3.63, 3.8) is 0 Å². The summed E-state index contributed by atoms with van der Waals surface area (Å²) in [5, 5.41) is 16.7. The van der Waals surface area contributed by atoms with Crippen LogP contribution in [0.15, 0.2) is 18.2 Å². The zero-order valence-electron chi connectivity index (χ0n) is 10.5. The van der Waals surface area contributed by atoms with Crippen LogP contribution in [-0.2, 0) is 0 Å². The van der Waals surface area contributed by atoms with E-state index in [1.165, 1.54) is 6.07 Å². The van der Waals surface area contributed by atoms with Crippen LogP contribution in [0.25, 0.3) is 0 Å². The van der Waals surface area contributed by atoms with E-state index in [-0.39, 0.29) is 24.0 Å². The number of rotatable bonds is 4. The van der Waals surface area contributed by atoms with Gasteiger partial charge in [-0.2, -0.15) is 0 Å². The molecule has 6 nitrogen and oxygen atoms in total. The second-order valence-corrected chi connectivity index (χ2v) is 4.49. The molecule has 2 N–H and O–H groups in total. The van der Waals surface area contributed by atoms with Crippen molar-refractivity contribution in [3.05, 3.63) is 39.4 Å². The topological polar surface area (TPSA) is 84.3 Å². The van der Waals surface area contributed by atoms with Crippen LogP contribution < -0.4 is 10.6 Å². The van der Waals surface area contributed by atoms with Crippen molar-refractivity contribution in [3.8, 4) is 0 Å². The first-order chi connectivity index (χ1) is 8.58. The number of nitro groups is 1. The number of carbonyl (C=O) groups is 1. The van der Waals surface area contributed by atoms with E-state index in [2.05, 4.69) is 10.6 Å². The van der Waals surface area contributed by atoms with E-state index in [1.807, 2.05) is 0 Å². The van der Waals surface area contributed by atoms with Gasteiger partial charge in [0.2, 0.25) is 0 Å². The molecule has 1 fully saturated rings. The van der Waals surface area contributed by atoms with Crippen molar-refractivity contribution in [1.82, 2.24) is 10.6 Å². The summed E-state index contributed by atoms with van der Waals surface area (Å²) in [4.78, 5) is 22.1. The molecule has 2 rings (SSSR count). The van der Waals surface area contributed by atoms with Crippen molar-refractivity contribution in [2.75, 3.05) is 19.6 Å². The summed E-state index contributed by atoms with van der Waals surface area (Å²) < 4.78 is 0. The second-order valence-electron chi connectivity index (χ2n) is 4.49. The molecule has 19 heavy (non-hydrogen) atoms. The van der Waals surface area contributed by atoms with Crippen molar-refractivity contribution in [2.45, 2.75) is 6.92 Å². The molecule has 0 spiro atoms. The van der Waals surface area contributed by atoms with E-state index >= 15 is 0 Å². The molecule has 0 radical (unpaired) electrons. The van der Waals surface area contributed by atoms with E-state index in [0.717, 1.165) is 13.1 Å². The Morgan fingerprint density at radius 1 is 1.53 bits per heavy atom. The first kappa shape index (κ1) is 15.4. The Morgan fingerprint density at radius 2 is 2.21 bits per heavy atom. The number of benzene rings is 1. The molecule has 1 aliphatic heterocycles. The molecule has 1 heterocycles.